The van der Waals surface area contributed by atoms with E-state index in [0.29, 0.717) is 5.92 Å². The van der Waals surface area contributed by atoms with Crippen molar-refractivity contribution in [3.05, 3.63) is 0 Å². The van der Waals surface area contributed by atoms with Gasteiger partial charge < -0.3 is 4.90 Å². The molecule has 1 N–H and O–H groups in total. The fraction of sp³-hybridized carbons (Fsp3) is 0.933. The number of halogens is 3. The first-order chi connectivity index (χ1) is 9.74. The number of carbonyl (C=O) groups is 1. The smallest absolute Gasteiger partial charge is 0.326 e. The van der Waals surface area contributed by atoms with Crippen LogP contribution in [0.1, 0.15) is 59.3 Å². The maximum absolute atomic E-state index is 12.3. The van der Waals surface area contributed by atoms with Gasteiger partial charge in [0.25, 0.3) is 0 Å². The van der Waals surface area contributed by atoms with E-state index in [2.05, 4.69) is 26.1 Å². The van der Waals surface area contributed by atoms with Gasteiger partial charge in [-0.05, 0) is 25.2 Å². The summed E-state index contributed by atoms with van der Waals surface area (Å²) >= 11 is 0. The first kappa shape index (κ1) is 18.3. The summed E-state index contributed by atoms with van der Waals surface area (Å²) in [5.74, 6) is 0.363. The van der Waals surface area contributed by atoms with Crippen LogP contribution in [0.5, 0.6) is 0 Å². The number of unbranched alkanes of at least 4 members (excludes halogenated alkanes) is 1. The summed E-state index contributed by atoms with van der Waals surface area (Å²) in [5, 5.41) is 3.30. The Bertz CT molecular complexity index is 331. The molecule has 2 unspecified atom stereocenters. The number of rotatable bonds is 8. The van der Waals surface area contributed by atoms with Crippen molar-refractivity contribution in [3.63, 3.8) is 0 Å². The minimum Gasteiger partial charge on any atom is -0.326 e. The lowest BCUT2D eigenvalue weighted by Crippen LogP contribution is -2.39. The highest BCUT2D eigenvalue weighted by Crippen LogP contribution is 2.24. The second-order valence-electron chi connectivity index (χ2n) is 6.26. The number of nitrogens with one attached hydrogen (secondary N) is 1. The molecule has 1 aliphatic heterocycles. The van der Waals surface area contributed by atoms with Gasteiger partial charge in [0.15, 0.2) is 0 Å². The van der Waals surface area contributed by atoms with Crippen molar-refractivity contribution in [1.29, 1.82) is 0 Å². The van der Waals surface area contributed by atoms with Gasteiger partial charge in [-0.25, -0.2) is 0 Å². The molecule has 6 heteroatoms. The minimum absolute atomic E-state index is 0.0218. The van der Waals surface area contributed by atoms with E-state index in [4.69, 9.17) is 0 Å². The maximum Gasteiger partial charge on any atom is 0.389 e. The minimum atomic E-state index is -4.15. The Labute approximate surface area is 125 Å². The monoisotopic (exact) mass is 308 g/mol. The fourth-order valence-corrected chi connectivity index (χ4v) is 2.72. The molecule has 2 atom stereocenters. The van der Waals surface area contributed by atoms with Crippen LogP contribution in [-0.2, 0) is 4.79 Å². The van der Waals surface area contributed by atoms with Gasteiger partial charge in [0.05, 0.1) is 12.2 Å². The van der Waals surface area contributed by atoms with Crippen molar-refractivity contribution in [2.24, 2.45) is 5.92 Å². The summed E-state index contributed by atoms with van der Waals surface area (Å²) < 4.78 is 36.8. The number of carbonyl (C=O) groups excluding carboxylic acids is 1. The van der Waals surface area contributed by atoms with Gasteiger partial charge in [-0.2, -0.15) is 13.2 Å². The second-order valence-corrected chi connectivity index (χ2v) is 6.26. The molecule has 0 aromatic rings. The molecule has 0 aromatic heterocycles. The molecule has 1 heterocycles. The molecule has 124 valence electrons. The zero-order chi connectivity index (χ0) is 16.0. The molecule has 1 aliphatic rings. The lowest BCUT2D eigenvalue weighted by Gasteiger charge is -2.25. The first-order valence-corrected chi connectivity index (χ1v) is 7.88. The summed E-state index contributed by atoms with van der Waals surface area (Å²) in [6.45, 7) is 6.36. The quantitative estimate of drug-likeness (QED) is 0.741. The van der Waals surface area contributed by atoms with Gasteiger partial charge >= 0.3 is 6.18 Å². The Morgan fingerprint density at radius 2 is 1.95 bits per heavy atom. The van der Waals surface area contributed by atoms with Crippen LogP contribution in [0.25, 0.3) is 0 Å². The molecule has 1 rings (SSSR count). The van der Waals surface area contributed by atoms with Gasteiger partial charge in [0, 0.05) is 13.0 Å². The van der Waals surface area contributed by atoms with Crippen LogP contribution >= 0.6 is 0 Å². The molecule has 21 heavy (non-hydrogen) atoms. The van der Waals surface area contributed by atoms with Crippen LogP contribution in [0.2, 0.25) is 0 Å². The lowest BCUT2D eigenvalue weighted by atomic mass is 10.1. The SMILES string of the molecule is CCCCC1NC(CC(C)C)N(CCCC(F)(F)F)C1=O. The van der Waals surface area contributed by atoms with Crippen molar-refractivity contribution in [2.75, 3.05) is 6.54 Å². The standard InChI is InChI=1S/C15H27F3N2O/c1-4-5-7-12-14(21)20(9-6-8-15(16,17)18)13(19-12)10-11(2)3/h11-13,19H,4-10H2,1-3H3. The summed E-state index contributed by atoms with van der Waals surface area (Å²) in [5.41, 5.74) is 0. The van der Waals surface area contributed by atoms with Gasteiger partial charge in [-0.15, -0.1) is 0 Å². The normalized spacial score (nSPS) is 23.4. The van der Waals surface area contributed by atoms with Crippen LogP contribution in [0.3, 0.4) is 0 Å². The molecule has 1 fully saturated rings. The number of hydrogen-bond acceptors (Lipinski definition) is 2. The van der Waals surface area contributed by atoms with Gasteiger partial charge in [0.1, 0.15) is 0 Å². The zero-order valence-electron chi connectivity index (χ0n) is 13.2. The molecule has 0 aliphatic carbocycles. The highest BCUT2D eigenvalue weighted by Gasteiger charge is 2.38. The van der Waals surface area contributed by atoms with E-state index in [1.165, 1.54) is 0 Å². The van der Waals surface area contributed by atoms with Gasteiger partial charge in [0.2, 0.25) is 5.91 Å². The highest BCUT2D eigenvalue weighted by atomic mass is 19.4. The molecule has 0 saturated carbocycles. The van der Waals surface area contributed by atoms with E-state index in [1.807, 2.05) is 0 Å². The molecule has 0 radical (unpaired) electrons. The number of amides is 1. The molecule has 1 saturated heterocycles. The average Bonchev–Trinajstić information content (AvgIpc) is 2.62. The topological polar surface area (TPSA) is 32.3 Å². The number of nitrogens with zero attached hydrogens (tertiary/aromatic N) is 1. The van der Waals surface area contributed by atoms with Gasteiger partial charge in [-0.3, -0.25) is 10.1 Å². The van der Waals surface area contributed by atoms with E-state index in [0.717, 1.165) is 25.7 Å². The Morgan fingerprint density at radius 3 is 2.48 bits per heavy atom. The predicted octanol–water partition coefficient (Wildman–Crippen LogP) is 3.69. The van der Waals surface area contributed by atoms with Gasteiger partial charge in [-0.1, -0.05) is 33.6 Å². The van der Waals surface area contributed by atoms with Crippen LogP contribution < -0.4 is 5.32 Å². The third kappa shape index (κ3) is 6.24. The molecule has 1 amide bonds. The van der Waals surface area contributed by atoms with Crippen molar-refractivity contribution in [1.82, 2.24) is 10.2 Å². The van der Waals surface area contributed by atoms with E-state index >= 15 is 0 Å². The fourth-order valence-electron chi connectivity index (χ4n) is 2.72. The van der Waals surface area contributed by atoms with Crippen molar-refractivity contribution >= 4 is 5.91 Å². The zero-order valence-corrected chi connectivity index (χ0v) is 13.2. The first-order valence-electron chi connectivity index (χ1n) is 7.88. The number of alkyl halides is 3. The summed E-state index contributed by atoms with van der Waals surface area (Å²) in [6, 6.07) is -0.223. The Hall–Kier alpha value is -0.780. The molecule has 3 nitrogen and oxygen atoms in total. The lowest BCUT2D eigenvalue weighted by molar-refractivity contribution is -0.140. The summed E-state index contributed by atoms with van der Waals surface area (Å²) in [6.07, 6.45) is -1.61. The van der Waals surface area contributed by atoms with Crippen molar-refractivity contribution in [3.8, 4) is 0 Å². The van der Waals surface area contributed by atoms with Crippen LogP contribution in [0, 0.1) is 5.92 Å². The van der Waals surface area contributed by atoms with E-state index in [-0.39, 0.29) is 31.1 Å². The van der Waals surface area contributed by atoms with Crippen molar-refractivity contribution in [2.45, 2.75) is 77.7 Å². The average molecular weight is 308 g/mol. The summed E-state index contributed by atoms with van der Waals surface area (Å²) in [7, 11) is 0. The third-order valence-electron chi connectivity index (χ3n) is 3.75. The Morgan fingerprint density at radius 1 is 1.29 bits per heavy atom. The molecular formula is C15H27F3N2O. The van der Waals surface area contributed by atoms with Crippen LogP contribution in [0.4, 0.5) is 13.2 Å². The van der Waals surface area contributed by atoms with Crippen molar-refractivity contribution < 1.29 is 18.0 Å². The molecule has 0 aromatic carbocycles. The number of hydrogen-bond donors (Lipinski definition) is 1. The third-order valence-corrected chi connectivity index (χ3v) is 3.75. The molecular weight excluding hydrogens is 281 g/mol. The Kier molecular flexibility index (Phi) is 6.97. The van der Waals surface area contributed by atoms with E-state index in [9.17, 15) is 18.0 Å². The van der Waals surface area contributed by atoms with Crippen LogP contribution in [-0.4, -0.2) is 35.7 Å². The largest absolute Gasteiger partial charge is 0.389 e. The van der Waals surface area contributed by atoms with E-state index < -0.39 is 12.6 Å². The summed E-state index contributed by atoms with van der Waals surface area (Å²) in [4.78, 5) is 14.0. The highest BCUT2D eigenvalue weighted by molar-refractivity contribution is 5.84. The predicted molar refractivity (Wildman–Crippen MR) is 76.7 cm³/mol. The molecule has 0 spiro atoms. The molecule has 0 bridgehead atoms. The van der Waals surface area contributed by atoms with E-state index in [1.54, 1.807) is 4.90 Å². The Balaban J connectivity index is 2.59. The maximum atomic E-state index is 12.3. The second kappa shape index (κ2) is 8.01. The van der Waals surface area contributed by atoms with Crippen LogP contribution in [0.15, 0.2) is 0 Å².